The fraction of sp³-hybridized carbons (Fsp3) is 0.412. The molecule has 0 aliphatic heterocycles. The third kappa shape index (κ3) is 3.74. The highest BCUT2D eigenvalue weighted by atomic mass is 16.5. The van der Waals surface area contributed by atoms with E-state index in [0.717, 1.165) is 17.0 Å². The first-order valence-corrected chi connectivity index (χ1v) is 7.40. The summed E-state index contributed by atoms with van der Waals surface area (Å²) in [5.41, 5.74) is 3.44. The lowest BCUT2D eigenvalue weighted by Gasteiger charge is -2.13. The number of aromatic nitrogens is 2. The van der Waals surface area contributed by atoms with Crippen molar-refractivity contribution in [2.45, 2.75) is 33.4 Å². The molecule has 1 aromatic carbocycles. The highest BCUT2D eigenvalue weighted by Gasteiger charge is 2.20. The Balaban J connectivity index is 2.18. The molecule has 0 saturated carbocycles. The fourth-order valence-corrected chi connectivity index (χ4v) is 2.52. The van der Waals surface area contributed by atoms with Crippen molar-refractivity contribution in [3.63, 3.8) is 0 Å². The minimum Gasteiger partial charge on any atom is -0.383 e. The molecule has 1 N–H and O–H groups in total. The maximum atomic E-state index is 12.4. The molecule has 0 fully saturated rings. The summed E-state index contributed by atoms with van der Waals surface area (Å²) < 4.78 is 6.93. The second-order valence-electron chi connectivity index (χ2n) is 5.52. The normalized spacial score (nSPS) is 12.2. The molecule has 0 unspecified atom stereocenters. The van der Waals surface area contributed by atoms with Crippen LogP contribution in [0.5, 0.6) is 0 Å². The Morgan fingerprint density at radius 1 is 1.32 bits per heavy atom. The van der Waals surface area contributed by atoms with Gasteiger partial charge in [0.2, 0.25) is 0 Å². The zero-order valence-electron chi connectivity index (χ0n) is 13.6. The van der Waals surface area contributed by atoms with Gasteiger partial charge in [0.15, 0.2) is 0 Å². The number of methoxy groups -OCH3 is 1. The van der Waals surface area contributed by atoms with Gasteiger partial charge in [-0.1, -0.05) is 30.3 Å². The maximum Gasteiger partial charge on any atom is 0.255 e. The smallest absolute Gasteiger partial charge is 0.255 e. The number of benzene rings is 1. The minimum atomic E-state index is -0.0983. The van der Waals surface area contributed by atoms with Crippen LogP contribution < -0.4 is 5.32 Å². The van der Waals surface area contributed by atoms with Crippen LogP contribution in [0.25, 0.3) is 0 Å². The summed E-state index contributed by atoms with van der Waals surface area (Å²) in [5.74, 6) is -0.0983. The number of nitrogens with zero attached hydrogens (tertiary/aromatic N) is 2. The summed E-state index contributed by atoms with van der Waals surface area (Å²) in [6.45, 7) is 6.86. The van der Waals surface area contributed by atoms with Crippen LogP contribution in [0.4, 0.5) is 0 Å². The van der Waals surface area contributed by atoms with Crippen LogP contribution in [0.1, 0.15) is 34.2 Å². The van der Waals surface area contributed by atoms with Crippen molar-refractivity contribution >= 4 is 5.91 Å². The third-order valence-electron chi connectivity index (χ3n) is 3.58. The lowest BCUT2D eigenvalue weighted by molar-refractivity contribution is 0.0904. The van der Waals surface area contributed by atoms with Crippen molar-refractivity contribution < 1.29 is 9.53 Å². The van der Waals surface area contributed by atoms with Gasteiger partial charge < -0.3 is 10.1 Å². The minimum absolute atomic E-state index is 0.0335. The fourth-order valence-electron chi connectivity index (χ4n) is 2.52. The van der Waals surface area contributed by atoms with E-state index in [1.54, 1.807) is 7.11 Å². The molecule has 1 heterocycles. The highest BCUT2D eigenvalue weighted by Crippen LogP contribution is 2.15. The molecule has 0 saturated heterocycles. The molecular formula is C17H23N3O2. The van der Waals surface area contributed by atoms with Crippen molar-refractivity contribution in [3.8, 4) is 0 Å². The van der Waals surface area contributed by atoms with Crippen LogP contribution in [-0.4, -0.2) is 35.4 Å². The number of carbonyl (C=O) groups excluding carboxylic acids is 1. The van der Waals surface area contributed by atoms with Crippen LogP contribution in [0.3, 0.4) is 0 Å². The zero-order valence-corrected chi connectivity index (χ0v) is 13.6. The van der Waals surface area contributed by atoms with E-state index in [4.69, 9.17) is 4.74 Å². The third-order valence-corrected chi connectivity index (χ3v) is 3.58. The molecule has 2 aromatic rings. The summed E-state index contributed by atoms with van der Waals surface area (Å²) in [6.07, 6.45) is 0. The van der Waals surface area contributed by atoms with Gasteiger partial charge in [0.05, 0.1) is 24.4 Å². The highest BCUT2D eigenvalue weighted by molar-refractivity contribution is 5.96. The predicted octanol–water partition coefficient (Wildman–Crippen LogP) is 2.31. The number of hydrogen-bond acceptors (Lipinski definition) is 3. The van der Waals surface area contributed by atoms with E-state index in [2.05, 4.69) is 22.5 Å². The van der Waals surface area contributed by atoms with E-state index in [1.165, 1.54) is 0 Å². The summed E-state index contributed by atoms with van der Waals surface area (Å²) in [7, 11) is 1.62. The molecular weight excluding hydrogens is 278 g/mol. The van der Waals surface area contributed by atoms with Crippen molar-refractivity contribution in [1.29, 1.82) is 0 Å². The van der Waals surface area contributed by atoms with Gasteiger partial charge in [-0.05, 0) is 26.3 Å². The van der Waals surface area contributed by atoms with Crippen LogP contribution in [-0.2, 0) is 11.3 Å². The SMILES string of the molecule is COC[C@@H](C)NC(=O)c1c(C)nn(Cc2ccccc2)c1C. The van der Waals surface area contributed by atoms with E-state index in [-0.39, 0.29) is 11.9 Å². The summed E-state index contributed by atoms with van der Waals surface area (Å²) in [6, 6.07) is 10.1. The maximum absolute atomic E-state index is 12.4. The van der Waals surface area contributed by atoms with Gasteiger partial charge >= 0.3 is 0 Å². The Kier molecular flexibility index (Phi) is 5.33. The van der Waals surface area contributed by atoms with Crippen molar-refractivity contribution in [1.82, 2.24) is 15.1 Å². The molecule has 1 atom stereocenters. The van der Waals surface area contributed by atoms with Crippen LogP contribution in [0.2, 0.25) is 0 Å². The van der Waals surface area contributed by atoms with Crippen LogP contribution >= 0.6 is 0 Å². The quantitative estimate of drug-likeness (QED) is 0.891. The number of amides is 1. The second-order valence-corrected chi connectivity index (χ2v) is 5.52. The van der Waals surface area contributed by atoms with E-state index in [9.17, 15) is 4.79 Å². The molecule has 0 radical (unpaired) electrons. The molecule has 1 aromatic heterocycles. The van der Waals surface area contributed by atoms with Gasteiger partial charge in [-0.3, -0.25) is 9.48 Å². The summed E-state index contributed by atoms with van der Waals surface area (Å²) in [4.78, 5) is 12.4. The lowest BCUT2D eigenvalue weighted by Crippen LogP contribution is -2.36. The van der Waals surface area contributed by atoms with Crippen molar-refractivity contribution in [2.75, 3.05) is 13.7 Å². The number of aryl methyl sites for hydroxylation is 1. The van der Waals surface area contributed by atoms with Crippen molar-refractivity contribution in [2.24, 2.45) is 0 Å². The Labute approximate surface area is 131 Å². The van der Waals surface area contributed by atoms with Gasteiger partial charge in [0, 0.05) is 18.8 Å². The van der Waals surface area contributed by atoms with E-state index in [0.29, 0.717) is 18.7 Å². The molecule has 0 bridgehead atoms. The van der Waals surface area contributed by atoms with Gasteiger partial charge in [-0.2, -0.15) is 5.10 Å². The molecule has 5 nitrogen and oxygen atoms in total. The molecule has 22 heavy (non-hydrogen) atoms. The number of carbonyl (C=O) groups is 1. The number of ether oxygens (including phenoxy) is 1. The topological polar surface area (TPSA) is 56.1 Å². The van der Waals surface area contributed by atoms with Crippen LogP contribution in [0, 0.1) is 13.8 Å². The standard InChI is InChI=1S/C17H23N3O2/c1-12(11-22-4)18-17(21)16-13(2)19-20(14(16)3)10-15-8-6-5-7-9-15/h5-9,12H,10-11H2,1-4H3,(H,18,21)/t12-/m1/s1. The average molecular weight is 301 g/mol. The van der Waals surface area contributed by atoms with Crippen molar-refractivity contribution in [3.05, 3.63) is 52.8 Å². The first-order valence-electron chi connectivity index (χ1n) is 7.40. The predicted molar refractivity (Wildman–Crippen MR) is 86.0 cm³/mol. The second kappa shape index (κ2) is 7.22. The molecule has 0 aliphatic rings. The Hall–Kier alpha value is -2.14. The largest absolute Gasteiger partial charge is 0.383 e. The van der Waals surface area contributed by atoms with E-state index < -0.39 is 0 Å². The van der Waals surface area contributed by atoms with Gasteiger partial charge in [-0.25, -0.2) is 0 Å². The van der Waals surface area contributed by atoms with Crippen LogP contribution in [0.15, 0.2) is 30.3 Å². The zero-order chi connectivity index (χ0) is 16.1. The summed E-state index contributed by atoms with van der Waals surface area (Å²) in [5, 5.41) is 7.44. The average Bonchev–Trinajstić information content (AvgIpc) is 2.74. The molecule has 0 aliphatic carbocycles. The first kappa shape index (κ1) is 16.2. The molecule has 2 rings (SSSR count). The first-order chi connectivity index (χ1) is 10.5. The number of rotatable bonds is 6. The molecule has 118 valence electrons. The van der Waals surface area contributed by atoms with Gasteiger partial charge in [0.25, 0.3) is 5.91 Å². The van der Waals surface area contributed by atoms with Gasteiger partial charge in [-0.15, -0.1) is 0 Å². The molecule has 1 amide bonds. The number of hydrogen-bond donors (Lipinski definition) is 1. The monoisotopic (exact) mass is 301 g/mol. The van der Waals surface area contributed by atoms with Gasteiger partial charge in [0.1, 0.15) is 0 Å². The lowest BCUT2D eigenvalue weighted by atomic mass is 10.1. The Morgan fingerprint density at radius 2 is 2.00 bits per heavy atom. The number of nitrogens with one attached hydrogen (secondary N) is 1. The Bertz CT molecular complexity index is 635. The van der Waals surface area contributed by atoms with E-state index >= 15 is 0 Å². The summed E-state index contributed by atoms with van der Waals surface area (Å²) >= 11 is 0. The molecule has 0 spiro atoms. The Morgan fingerprint density at radius 3 is 2.64 bits per heavy atom. The van der Waals surface area contributed by atoms with E-state index in [1.807, 2.05) is 43.7 Å². The molecule has 5 heteroatoms.